The molecule has 2 nitrogen and oxygen atoms in total. The Hall–Kier alpha value is -1.14. The van der Waals surface area contributed by atoms with E-state index in [0.29, 0.717) is 6.42 Å². The summed E-state index contributed by atoms with van der Waals surface area (Å²) < 4.78 is 0. The Morgan fingerprint density at radius 1 is 1.40 bits per heavy atom. The van der Waals surface area contributed by atoms with Crippen LogP contribution in [-0.4, -0.2) is 5.75 Å². The quantitative estimate of drug-likeness (QED) is 0.470. The molecule has 0 aliphatic rings. The number of thioether (sulfide) groups is 1. The summed E-state index contributed by atoms with van der Waals surface area (Å²) in [5.74, 6) is 1.04. The molecule has 1 aromatic carbocycles. The zero-order valence-electron chi connectivity index (χ0n) is 8.99. The number of nitrogen functional groups attached to an aromatic ring is 1. The molecule has 0 atom stereocenters. The third-order valence-corrected chi connectivity index (χ3v) is 3.27. The van der Waals surface area contributed by atoms with Gasteiger partial charge in [-0.05, 0) is 43.2 Å². The van der Waals surface area contributed by atoms with Crippen molar-refractivity contribution in [1.82, 2.24) is 0 Å². The van der Waals surface area contributed by atoms with Gasteiger partial charge in [0, 0.05) is 17.0 Å². The second kappa shape index (κ2) is 6.36. The third-order valence-electron chi connectivity index (χ3n) is 2.11. The molecule has 1 aromatic rings. The van der Waals surface area contributed by atoms with Crippen LogP contribution in [0.4, 0.5) is 5.69 Å². The van der Waals surface area contributed by atoms with Gasteiger partial charge in [-0.3, -0.25) is 0 Å². The van der Waals surface area contributed by atoms with Crippen LogP contribution >= 0.6 is 11.8 Å². The van der Waals surface area contributed by atoms with Crippen molar-refractivity contribution in [3.8, 4) is 6.07 Å². The number of nitrogens with two attached hydrogens (primary N) is 1. The summed E-state index contributed by atoms with van der Waals surface area (Å²) in [4.78, 5) is 1.16. The van der Waals surface area contributed by atoms with Crippen molar-refractivity contribution in [2.24, 2.45) is 0 Å². The molecular weight excluding hydrogens is 204 g/mol. The van der Waals surface area contributed by atoms with E-state index < -0.39 is 0 Å². The molecule has 0 saturated heterocycles. The van der Waals surface area contributed by atoms with E-state index in [1.54, 1.807) is 11.8 Å². The minimum absolute atomic E-state index is 0.657. The summed E-state index contributed by atoms with van der Waals surface area (Å²) >= 11 is 1.78. The van der Waals surface area contributed by atoms with E-state index in [0.717, 1.165) is 29.2 Å². The maximum absolute atomic E-state index is 8.39. The highest BCUT2D eigenvalue weighted by atomic mass is 32.2. The van der Waals surface area contributed by atoms with E-state index in [-0.39, 0.29) is 0 Å². The SMILES string of the molecule is Cc1ccc(N)c(SCCCCC#N)c1. The number of hydrogen-bond acceptors (Lipinski definition) is 3. The molecule has 1 rings (SSSR count). The van der Waals surface area contributed by atoms with Gasteiger partial charge in [0.2, 0.25) is 0 Å². The number of hydrogen-bond donors (Lipinski definition) is 1. The van der Waals surface area contributed by atoms with Gasteiger partial charge in [0.25, 0.3) is 0 Å². The van der Waals surface area contributed by atoms with Crippen molar-refractivity contribution in [3.63, 3.8) is 0 Å². The molecular formula is C12H16N2S. The number of anilines is 1. The Kier molecular flexibility index (Phi) is 5.06. The first kappa shape index (κ1) is 11.9. The molecule has 0 aliphatic heterocycles. The molecule has 0 saturated carbocycles. The van der Waals surface area contributed by atoms with E-state index in [9.17, 15) is 0 Å². The van der Waals surface area contributed by atoms with Gasteiger partial charge in [0.1, 0.15) is 0 Å². The highest BCUT2D eigenvalue weighted by Crippen LogP contribution is 2.26. The maximum atomic E-state index is 8.39. The van der Waals surface area contributed by atoms with Crippen molar-refractivity contribution in [2.75, 3.05) is 11.5 Å². The summed E-state index contributed by atoms with van der Waals surface area (Å²) in [6.45, 7) is 2.07. The van der Waals surface area contributed by atoms with Gasteiger partial charge in [-0.25, -0.2) is 0 Å². The molecule has 3 heteroatoms. The summed E-state index contributed by atoms with van der Waals surface area (Å²) in [5.41, 5.74) is 7.95. The molecule has 80 valence electrons. The van der Waals surface area contributed by atoms with Crippen LogP contribution in [0, 0.1) is 18.3 Å². The molecule has 0 spiro atoms. The Morgan fingerprint density at radius 2 is 2.20 bits per heavy atom. The molecule has 0 fully saturated rings. The lowest BCUT2D eigenvalue weighted by atomic mass is 10.2. The van der Waals surface area contributed by atoms with Gasteiger partial charge >= 0.3 is 0 Å². The zero-order valence-corrected chi connectivity index (χ0v) is 9.81. The van der Waals surface area contributed by atoms with Gasteiger partial charge in [0.05, 0.1) is 6.07 Å². The summed E-state index contributed by atoms with van der Waals surface area (Å²) in [6.07, 6.45) is 2.71. The van der Waals surface area contributed by atoms with Crippen molar-refractivity contribution in [3.05, 3.63) is 23.8 Å². The topological polar surface area (TPSA) is 49.8 Å². The summed E-state index contributed by atoms with van der Waals surface area (Å²) in [7, 11) is 0. The number of unbranched alkanes of at least 4 members (excludes halogenated alkanes) is 2. The second-order valence-electron chi connectivity index (χ2n) is 3.50. The first-order chi connectivity index (χ1) is 7.24. The summed E-state index contributed by atoms with van der Waals surface area (Å²) in [5, 5.41) is 8.39. The van der Waals surface area contributed by atoms with Crippen molar-refractivity contribution < 1.29 is 0 Å². The molecule has 0 aromatic heterocycles. The highest BCUT2D eigenvalue weighted by molar-refractivity contribution is 7.99. The van der Waals surface area contributed by atoms with E-state index in [1.807, 2.05) is 12.1 Å². The van der Waals surface area contributed by atoms with Gasteiger partial charge in [-0.1, -0.05) is 6.07 Å². The van der Waals surface area contributed by atoms with Crippen LogP contribution in [0.15, 0.2) is 23.1 Å². The molecule has 2 N–H and O–H groups in total. The van der Waals surface area contributed by atoms with E-state index in [2.05, 4.69) is 19.1 Å². The molecule has 0 amide bonds. The van der Waals surface area contributed by atoms with E-state index in [1.165, 1.54) is 5.56 Å². The Balaban J connectivity index is 2.37. The number of nitrogens with zero attached hydrogens (tertiary/aromatic N) is 1. The Morgan fingerprint density at radius 3 is 2.93 bits per heavy atom. The molecule has 15 heavy (non-hydrogen) atoms. The minimum atomic E-state index is 0.657. The molecule has 0 heterocycles. The zero-order chi connectivity index (χ0) is 11.1. The predicted molar refractivity (Wildman–Crippen MR) is 65.8 cm³/mol. The van der Waals surface area contributed by atoms with Gasteiger partial charge in [-0.2, -0.15) is 5.26 Å². The monoisotopic (exact) mass is 220 g/mol. The predicted octanol–water partition coefficient (Wildman–Crippen LogP) is 3.36. The minimum Gasteiger partial charge on any atom is -0.398 e. The van der Waals surface area contributed by atoms with Crippen LogP contribution in [0.1, 0.15) is 24.8 Å². The molecule has 0 aliphatic carbocycles. The van der Waals surface area contributed by atoms with Crippen LogP contribution in [0.3, 0.4) is 0 Å². The largest absolute Gasteiger partial charge is 0.398 e. The number of nitriles is 1. The van der Waals surface area contributed by atoms with Crippen molar-refractivity contribution in [1.29, 1.82) is 5.26 Å². The average Bonchev–Trinajstić information content (AvgIpc) is 2.23. The average molecular weight is 220 g/mol. The van der Waals surface area contributed by atoms with E-state index in [4.69, 9.17) is 11.0 Å². The second-order valence-corrected chi connectivity index (χ2v) is 4.64. The number of rotatable bonds is 5. The lowest BCUT2D eigenvalue weighted by molar-refractivity contribution is 0.830. The van der Waals surface area contributed by atoms with Crippen LogP contribution < -0.4 is 5.73 Å². The fraction of sp³-hybridized carbons (Fsp3) is 0.417. The Bertz CT molecular complexity index is 355. The van der Waals surface area contributed by atoms with Crippen LogP contribution in [0.5, 0.6) is 0 Å². The number of aryl methyl sites for hydroxylation is 1. The lowest BCUT2D eigenvalue weighted by Gasteiger charge is -2.05. The molecule has 0 radical (unpaired) electrons. The first-order valence-electron chi connectivity index (χ1n) is 5.10. The highest BCUT2D eigenvalue weighted by Gasteiger charge is 1.99. The van der Waals surface area contributed by atoms with Gasteiger partial charge in [0.15, 0.2) is 0 Å². The van der Waals surface area contributed by atoms with Crippen LogP contribution in [0.25, 0.3) is 0 Å². The van der Waals surface area contributed by atoms with Crippen LogP contribution in [-0.2, 0) is 0 Å². The van der Waals surface area contributed by atoms with Crippen molar-refractivity contribution >= 4 is 17.4 Å². The van der Waals surface area contributed by atoms with E-state index >= 15 is 0 Å². The molecule has 0 unspecified atom stereocenters. The third kappa shape index (κ3) is 4.26. The first-order valence-corrected chi connectivity index (χ1v) is 6.08. The fourth-order valence-corrected chi connectivity index (χ4v) is 2.33. The van der Waals surface area contributed by atoms with Gasteiger partial charge in [-0.15, -0.1) is 11.8 Å². The normalized spacial score (nSPS) is 9.87. The summed E-state index contributed by atoms with van der Waals surface area (Å²) in [6, 6.07) is 8.24. The number of benzene rings is 1. The smallest absolute Gasteiger partial charge is 0.0621 e. The van der Waals surface area contributed by atoms with Crippen LogP contribution in [0.2, 0.25) is 0 Å². The Labute approximate surface area is 95.5 Å². The standard InChI is InChI=1S/C12H16N2S/c1-10-5-6-11(14)12(9-10)15-8-4-2-3-7-13/h5-6,9H,2-4,8,14H2,1H3. The molecule has 0 bridgehead atoms. The fourth-order valence-electron chi connectivity index (χ4n) is 1.25. The van der Waals surface area contributed by atoms with Gasteiger partial charge < -0.3 is 5.73 Å². The van der Waals surface area contributed by atoms with Crippen molar-refractivity contribution in [2.45, 2.75) is 31.1 Å². The maximum Gasteiger partial charge on any atom is 0.0621 e. The lowest BCUT2D eigenvalue weighted by Crippen LogP contribution is -1.90.